The molecule has 0 amide bonds. The Morgan fingerprint density at radius 1 is 1.38 bits per heavy atom. The van der Waals surface area contributed by atoms with Gasteiger partial charge in [-0.2, -0.15) is 0 Å². The van der Waals surface area contributed by atoms with Crippen molar-refractivity contribution < 1.29 is 0 Å². The maximum atomic E-state index is 5.61. The summed E-state index contributed by atoms with van der Waals surface area (Å²) in [6.07, 6.45) is 2.52. The Balaban J connectivity index is 2.56. The molecule has 0 bridgehead atoms. The van der Waals surface area contributed by atoms with Gasteiger partial charge in [-0.25, -0.2) is 0 Å². The van der Waals surface area contributed by atoms with Crippen LogP contribution in [0.5, 0.6) is 0 Å². The zero-order valence-electron chi connectivity index (χ0n) is 10.4. The highest BCUT2D eigenvalue weighted by atomic mass is 32.2. The number of rotatable bonds is 7. The van der Waals surface area contributed by atoms with E-state index in [9.17, 15) is 0 Å². The molecular formula is C11H22N4S. The van der Waals surface area contributed by atoms with Gasteiger partial charge in [-0.1, -0.05) is 38.5 Å². The fraction of sp³-hybridized carbons (Fsp3) is 0.818. The molecule has 1 rings (SSSR count). The third-order valence-electron chi connectivity index (χ3n) is 2.57. The van der Waals surface area contributed by atoms with E-state index in [4.69, 9.17) is 5.73 Å². The Morgan fingerprint density at radius 3 is 2.69 bits per heavy atom. The molecule has 0 radical (unpaired) electrons. The number of thioether (sulfide) groups is 1. The molecule has 1 unspecified atom stereocenters. The molecule has 0 fully saturated rings. The lowest BCUT2D eigenvalue weighted by Crippen LogP contribution is -2.08. The minimum absolute atomic E-state index is 0.464. The minimum Gasteiger partial charge on any atom is -0.324 e. The van der Waals surface area contributed by atoms with E-state index in [0.29, 0.717) is 6.54 Å². The van der Waals surface area contributed by atoms with Crippen molar-refractivity contribution in [2.24, 2.45) is 11.7 Å². The third kappa shape index (κ3) is 3.49. The maximum absolute atomic E-state index is 5.61. The van der Waals surface area contributed by atoms with E-state index in [1.807, 2.05) is 0 Å². The van der Waals surface area contributed by atoms with Gasteiger partial charge in [0.15, 0.2) is 5.16 Å². The van der Waals surface area contributed by atoms with E-state index < -0.39 is 0 Å². The number of nitrogens with two attached hydrogens (primary N) is 1. The van der Waals surface area contributed by atoms with Gasteiger partial charge in [0.25, 0.3) is 0 Å². The summed E-state index contributed by atoms with van der Waals surface area (Å²) < 4.78 is 2.10. The first-order valence-corrected chi connectivity index (χ1v) is 6.96. The zero-order valence-corrected chi connectivity index (χ0v) is 11.3. The van der Waals surface area contributed by atoms with Crippen LogP contribution in [-0.4, -0.2) is 20.5 Å². The predicted molar refractivity (Wildman–Crippen MR) is 68.4 cm³/mol. The summed E-state index contributed by atoms with van der Waals surface area (Å²) in [6, 6.07) is 0. The summed E-state index contributed by atoms with van der Waals surface area (Å²) >= 11 is 1.79. The average Bonchev–Trinajstić information content (AvgIpc) is 2.68. The van der Waals surface area contributed by atoms with Crippen LogP contribution in [0.2, 0.25) is 0 Å². The van der Waals surface area contributed by atoms with E-state index in [1.165, 1.54) is 12.8 Å². The first-order chi connectivity index (χ1) is 7.72. The quantitative estimate of drug-likeness (QED) is 0.745. The van der Waals surface area contributed by atoms with E-state index in [1.54, 1.807) is 11.8 Å². The largest absolute Gasteiger partial charge is 0.324 e. The summed E-state index contributed by atoms with van der Waals surface area (Å²) in [5, 5.41) is 9.29. The van der Waals surface area contributed by atoms with Crippen LogP contribution >= 0.6 is 11.8 Å². The van der Waals surface area contributed by atoms with Crippen LogP contribution in [0, 0.1) is 5.92 Å². The molecular weight excluding hydrogens is 220 g/mol. The van der Waals surface area contributed by atoms with E-state index in [0.717, 1.165) is 29.2 Å². The van der Waals surface area contributed by atoms with Gasteiger partial charge in [-0.15, -0.1) is 10.2 Å². The third-order valence-corrected chi connectivity index (χ3v) is 3.87. The zero-order chi connectivity index (χ0) is 12.0. The monoisotopic (exact) mass is 242 g/mol. The van der Waals surface area contributed by atoms with Crippen molar-refractivity contribution in [2.75, 3.05) is 5.75 Å². The smallest absolute Gasteiger partial charge is 0.191 e. The average molecular weight is 242 g/mol. The van der Waals surface area contributed by atoms with Crippen molar-refractivity contribution >= 4 is 11.8 Å². The molecule has 16 heavy (non-hydrogen) atoms. The second kappa shape index (κ2) is 6.91. The topological polar surface area (TPSA) is 56.7 Å². The van der Waals surface area contributed by atoms with Gasteiger partial charge in [0.2, 0.25) is 0 Å². The van der Waals surface area contributed by atoms with Gasteiger partial charge in [0.05, 0.1) is 6.54 Å². The van der Waals surface area contributed by atoms with Crippen molar-refractivity contribution in [1.82, 2.24) is 14.8 Å². The molecule has 1 atom stereocenters. The molecule has 5 heteroatoms. The van der Waals surface area contributed by atoms with Crippen LogP contribution in [0.1, 0.15) is 39.4 Å². The van der Waals surface area contributed by atoms with Gasteiger partial charge in [0, 0.05) is 12.3 Å². The van der Waals surface area contributed by atoms with Crippen LogP contribution in [-0.2, 0) is 13.1 Å². The fourth-order valence-corrected chi connectivity index (χ4v) is 2.78. The van der Waals surface area contributed by atoms with E-state index in [-0.39, 0.29) is 0 Å². The second-order valence-corrected chi connectivity index (χ2v) is 5.04. The van der Waals surface area contributed by atoms with Gasteiger partial charge in [-0.05, 0) is 12.8 Å². The molecule has 1 aromatic rings. The lowest BCUT2D eigenvalue weighted by Gasteiger charge is -2.10. The molecule has 0 spiro atoms. The lowest BCUT2D eigenvalue weighted by atomic mass is 10.1. The van der Waals surface area contributed by atoms with Gasteiger partial charge in [-0.3, -0.25) is 0 Å². The summed E-state index contributed by atoms with van der Waals surface area (Å²) in [5.74, 6) is 2.72. The van der Waals surface area contributed by atoms with Crippen molar-refractivity contribution in [1.29, 1.82) is 0 Å². The normalized spacial score (nSPS) is 13.0. The molecule has 0 aromatic carbocycles. The SMILES string of the molecule is CCCC(C)CSc1nnc(CN)n1CC. The van der Waals surface area contributed by atoms with E-state index in [2.05, 4.69) is 35.5 Å². The Kier molecular flexibility index (Phi) is 5.84. The molecule has 4 nitrogen and oxygen atoms in total. The minimum atomic E-state index is 0.464. The fourth-order valence-electron chi connectivity index (χ4n) is 1.69. The summed E-state index contributed by atoms with van der Waals surface area (Å²) in [5.41, 5.74) is 5.61. The predicted octanol–water partition coefficient (Wildman–Crippen LogP) is 2.29. The molecule has 0 aliphatic rings. The number of aromatic nitrogens is 3. The number of nitrogens with zero attached hydrogens (tertiary/aromatic N) is 3. The Labute approximate surface area is 102 Å². The van der Waals surface area contributed by atoms with Crippen molar-refractivity contribution in [3.63, 3.8) is 0 Å². The first kappa shape index (κ1) is 13.5. The molecule has 1 aromatic heterocycles. The van der Waals surface area contributed by atoms with Crippen molar-refractivity contribution in [2.45, 2.75) is 51.9 Å². The maximum Gasteiger partial charge on any atom is 0.191 e. The molecule has 1 heterocycles. The van der Waals surface area contributed by atoms with Crippen LogP contribution in [0.15, 0.2) is 5.16 Å². The molecule has 2 N–H and O–H groups in total. The van der Waals surface area contributed by atoms with Crippen LogP contribution < -0.4 is 5.73 Å². The number of hydrogen-bond donors (Lipinski definition) is 1. The Hall–Kier alpha value is -0.550. The highest BCUT2D eigenvalue weighted by molar-refractivity contribution is 7.99. The number of hydrogen-bond acceptors (Lipinski definition) is 4. The van der Waals surface area contributed by atoms with Crippen molar-refractivity contribution in [3.05, 3.63) is 5.82 Å². The van der Waals surface area contributed by atoms with Gasteiger partial charge >= 0.3 is 0 Å². The highest BCUT2D eigenvalue weighted by Crippen LogP contribution is 2.21. The molecule has 0 aliphatic heterocycles. The van der Waals surface area contributed by atoms with Crippen LogP contribution in [0.25, 0.3) is 0 Å². The summed E-state index contributed by atoms with van der Waals surface area (Å²) in [6.45, 7) is 7.97. The first-order valence-electron chi connectivity index (χ1n) is 5.97. The lowest BCUT2D eigenvalue weighted by molar-refractivity contribution is 0.582. The molecule has 92 valence electrons. The van der Waals surface area contributed by atoms with Gasteiger partial charge in [0.1, 0.15) is 5.82 Å². The second-order valence-electron chi connectivity index (χ2n) is 4.05. The van der Waals surface area contributed by atoms with Crippen molar-refractivity contribution in [3.8, 4) is 0 Å². The molecule has 0 aliphatic carbocycles. The Morgan fingerprint density at radius 2 is 2.12 bits per heavy atom. The molecule has 0 saturated carbocycles. The standard InChI is InChI=1S/C11H22N4S/c1-4-6-9(3)8-16-11-14-13-10(7-12)15(11)5-2/h9H,4-8,12H2,1-3H3. The van der Waals surface area contributed by atoms with Crippen LogP contribution in [0.3, 0.4) is 0 Å². The summed E-state index contributed by atoms with van der Waals surface area (Å²) in [4.78, 5) is 0. The van der Waals surface area contributed by atoms with E-state index >= 15 is 0 Å². The highest BCUT2D eigenvalue weighted by Gasteiger charge is 2.11. The van der Waals surface area contributed by atoms with Gasteiger partial charge < -0.3 is 10.3 Å². The summed E-state index contributed by atoms with van der Waals surface area (Å²) in [7, 11) is 0. The van der Waals surface area contributed by atoms with Crippen LogP contribution in [0.4, 0.5) is 0 Å². The Bertz CT molecular complexity index is 311. The molecule has 0 saturated heterocycles.